The summed E-state index contributed by atoms with van der Waals surface area (Å²) in [5, 5.41) is 8.57. The molecule has 0 aliphatic carbocycles. The van der Waals surface area contributed by atoms with Crippen LogP contribution in [0.1, 0.15) is 18.0 Å². The predicted octanol–water partition coefficient (Wildman–Crippen LogP) is 3.46. The van der Waals surface area contributed by atoms with E-state index in [1.54, 1.807) is 45.6 Å². The van der Waals surface area contributed by atoms with Crippen LogP contribution in [0.4, 0.5) is 0 Å². The average molecular weight is 434 g/mol. The maximum atomic E-state index is 12.8. The van der Waals surface area contributed by atoms with E-state index in [4.69, 9.17) is 14.2 Å². The van der Waals surface area contributed by atoms with Gasteiger partial charge in [0, 0.05) is 24.7 Å². The van der Waals surface area contributed by atoms with Crippen LogP contribution in [0.2, 0.25) is 0 Å². The zero-order chi connectivity index (χ0) is 22.5. The minimum Gasteiger partial charge on any atom is -0.493 e. The van der Waals surface area contributed by atoms with Crippen molar-refractivity contribution in [1.82, 2.24) is 19.9 Å². The first-order valence-electron chi connectivity index (χ1n) is 10.4. The van der Waals surface area contributed by atoms with Crippen LogP contribution in [0.15, 0.2) is 54.7 Å². The van der Waals surface area contributed by atoms with Crippen LogP contribution in [0.3, 0.4) is 0 Å². The number of hydrogen-bond donors (Lipinski definition) is 0. The Morgan fingerprint density at radius 3 is 2.44 bits per heavy atom. The van der Waals surface area contributed by atoms with Gasteiger partial charge in [-0.25, -0.2) is 4.68 Å². The van der Waals surface area contributed by atoms with Gasteiger partial charge in [0.1, 0.15) is 5.69 Å². The first-order chi connectivity index (χ1) is 15.6. The van der Waals surface area contributed by atoms with E-state index in [9.17, 15) is 4.79 Å². The van der Waals surface area contributed by atoms with E-state index in [1.807, 2.05) is 46.1 Å². The molecule has 1 atom stereocenters. The quantitative estimate of drug-likeness (QED) is 0.530. The second kappa shape index (κ2) is 9.55. The standard InChI is InChI=1S/C24H26N4O4/c1-30-21-13-17(14-22(31-2)24(21)32-3)9-10-23(29)27-12-11-19(15-27)28-16-20(25-26-28)18-7-5-4-6-8-18/h4-10,13-14,16,19H,11-12,15H2,1-3H3. The molecule has 2 aromatic carbocycles. The van der Waals surface area contributed by atoms with Crippen molar-refractivity contribution < 1.29 is 19.0 Å². The van der Waals surface area contributed by atoms with E-state index in [1.165, 1.54) is 0 Å². The lowest BCUT2D eigenvalue weighted by atomic mass is 10.1. The summed E-state index contributed by atoms with van der Waals surface area (Å²) < 4.78 is 17.9. The molecule has 1 saturated heterocycles. The monoisotopic (exact) mass is 434 g/mol. The first kappa shape index (κ1) is 21.4. The van der Waals surface area contributed by atoms with E-state index in [0.29, 0.717) is 30.3 Å². The van der Waals surface area contributed by atoms with Crippen molar-refractivity contribution in [3.05, 3.63) is 60.3 Å². The number of methoxy groups -OCH3 is 3. The average Bonchev–Trinajstić information content (AvgIpc) is 3.52. The Balaban J connectivity index is 1.42. The third-order valence-electron chi connectivity index (χ3n) is 5.53. The Kier molecular flexibility index (Phi) is 6.39. The summed E-state index contributed by atoms with van der Waals surface area (Å²) in [6.45, 7) is 1.26. The highest BCUT2D eigenvalue weighted by atomic mass is 16.5. The molecule has 0 bridgehead atoms. The maximum absolute atomic E-state index is 12.8. The molecule has 166 valence electrons. The van der Waals surface area contributed by atoms with Crippen molar-refractivity contribution in [2.45, 2.75) is 12.5 Å². The van der Waals surface area contributed by atoms with Crippen LogP contribution in [0.25, 0.3) is 17.3 Å². The van der Waals surface area contributed by atoms with E-state index in [0.717, 1.165) is 23.2 Å². The van der Waals surface area contributed by atoms with Crippen LogP contribution >= 0.6 is 0 Å². The lowest BCUT2D eigenvalue weighted by molar-refractivity contribution is -0.125. The summed E-state index contributed by atoms with van der Waals surface area (Å²) in [5.41, 5.74) is 2.64. The summed E-state index contributed by atoms with van der Waals surface area (Å²) in [7, 11) is 4.68. The lowest BCUT2D eigenvalue weighted by Gasteiger charge is -2.15. The predicted molar refractivity (Wildman–Crippen MR) is 121 cm³/mol. The van der Waals surface area contributed by atoms with Gasteiger partial charge in [-0.3, -0.25) is 4.79 Å². The number of aromatic nitrogens is 3. The van der Waals surface area contributed by atoms with E-state index < -0.39 is 0 Å². The van der Waals surface area contributed by atoms with Gasteiger partial charge in [0.15, 0.2) is 11.5 Å². The summed E-state index contributed by atoms with van der Waals surface area (Å²) >= 11 is 0. The maximum Gasteiger partial charge on any atom is 0.246 e. The summed E-state index contributed by atoms with van der Waals surface area (Å²) in [6, 6.07) is 13.7. The molecule has 3 aromatic rings. The van der Waals surface area contributed by atoms with Crippen LogP contribution in [0, 0.1) is 0 Å². The largest absolute Gasteiger partial charge is 0.493 e. The second-order valence-electron chi connectivity index (χ2n) is 7.47. The molecule has 1 fully saturated rings. The molecular formula is C24H26N4O4. The van der Waals surface area contributed by atoms with Crippen LogP contribution in [-0.2, 0) is 4.79 Å². The summed E-state index contributed by atoms with van der Waals surface area (Å²) in [6.07, 6.45) is 6.10. The normalized spacial score (nSPS) is 15.8. The molecule has 0 N–H and O–H groups in total. The molecule has 1 aliphatic heterocycles. The summed E-state index contributed by atoms with van der Waals surface area (Å²) in [5.74, 6) is 1.55. The van der Waals surface area contributed by atoms with E-state index in [-0.39, 0.29) is 11.9 Å². The van der Waals surface area contributed by atoms with Gasteiger partial charge in [-0.1, -0.05) is 35.5 Å². The Bertz CT molecular complexity index is 1090. The third kappa shape index (κ3) is 4.44. The second-order valence-corrected chi connectivity index (χ2v) is 7.47. The Hall–Kier alpha value is -3.81. The Labute approximate surface area is 187 Å². The van der Waals surface area contributed by atoms with E-state index in [2.05, 4.69) is 10.3 Å². The number of nitrogens with zero attached hydrogens (tertiary/aromatic N) is 4. The molecular weight excluding hydrogens is 408 g/mol. The van der Waals surface area contributed by atoms with Crippen LogP contribution < -0.4 is 14.2 Å². The van der Waals surface area contributed by atoms with Gasteiger partial charge in [-0.05, 0) is 30.2 Å². The minimum atomic E-state index is -0.0513. The molecule has 0 spiro atoms. The molecule has 4 rings (SSSR count). The van der Waals surface area contributed by atoms with Crippen LogP contribution in [-0.4, -0.2) is 60.2 Å². The van der Waals surface area contributed by atoms with E-state index >= 15 is 0 Å². The fourth-order valence-electron chi connectivity index (χ4n) is 3.82. The highest BCUT2D eigenvalue weighted by molar-refractivity contribution is 5.92. The van der Waals surface area contributed by atoms with Gasteiger partial charge in [-0.15, -0.1) is 5.10 Å². The number of carbonyl (C=O) groups is 1. The molecule has 1 aromatic heterocycles. The molecule has 1 amide bonds. The van der Waals surface area contributed by atoms with Gasteiger partial charge in [-0.2, -0.15) is 0 Å². The summed E-state index contributed by atoms with van der Waals surface area (Å²) in [4.78, 5) is 14.6. The molecule has 0 radical (unpaired) electrons. The SMILES string of the molecule is COc1cc(C=CC(=O)N2CCC(n3cc(-c4ccccc4)nn3)C2)cc(OC)c1OC. The Morgan fingerprint density at radius 2 is 1.78 bits per heavy atom. The molecule has 1 unspecified atom stereocenters. The van der Waals surface area contributed by atoms with Crippen molar-refractivity contribution in [2.75, 3.05) is 34.4 Å². The number of likely N-dealkylation sites (tertiary alicyclic amines) is 1. The van der Waals surface area contributed by atoms with Crippen molar-refractivity contribution in [1.29, 1.82) is 0 Å². The molecule has 8 heteroatoms. The molecule has 2 heterocycles. The van der Waals surface area contributed by atoms with Gasteiger partial charge in [0.25, 0.3) is 0 Å². The highest BCUT2D eigenvalue weighted by Crippen LogP contribution is 2.38. The van der Waals surface area contributed by atoms with Crippen molar-refractivity contribution in [3.63, 3.8) is 0 Å². The number of amides is 1. The third-order valence-corrected chi connectivity index (χ3v) is 5.53. The fraction of sp³-hybridized carbons (Fsp3) is 0.292. The Morgan fingerprint density at radius 1 is 1.06 bits per heavy atom. The lowest BCUT2D eigenvalue weighted by Crippen LogP contribution is -2.27. The highest BCUT2D eigenvalue weighted by Gasteiger charge is 2.27. The molecule has 32 heavy (non-hydrogen) atoms. The minimum absolute atomic E-state index is 0.0513. The number of benzene rings is 2. The number of ether oxygens (including phenoxy) is 3. The van der Waals surface area contributed by atoms with Crippen molar-refractivity contribution in [3.8, 4) is 28.5 Å². The topological polar surface area (TPSA) is 78.7 Å². The van der Waals surface area contributed by atoms with Crippen molar-refractivity contribution in [2.24, 2.45) is 0 Å². The van der Waals surface area contributed by atoms with Crippen LogP contribution in [0.5, 0.6) is 17.2 Å². The number of rotatable bonds is 7. The smallest absolute Gasteiger partial charge is 0.246 e. The van der Waals surface area contributed by atoms with Gasteiger partial charge < -0.3 is 19.1 Å². The molecule has 1 aliphatic rings. The molecule has 0 saturated carbocycles. The fourth-order valence-corrected chi connectivity index (χ4v) is 3.82. The van der Waals surface area contributed by atoms with Gasteiger partial charge in [0.2, 0.25) is 11.7 Å². The van der Waals surface area contributed by atoms with Gasteiger partial charge in [0.05, 0.1) is 33.6 Å². The number of carbonyl (C=O) groups excluding carboxylic acids is 1. The molecule has 8 nitrogen and oxygen atoms in total. The van der Waals surface area contributed by atoms with Crippen molar-refractivity contribution >= 4 is 12.0 Å². The van der Waals surface area contributed by atoms with Gasteiger partial charge >= 0.3 is 0 Å². The zero-order valence-corrected chi connectivity index (χ0v) is 18.4. The number of hydrogen-bond acceptors (Lipinski definition) is 6. The first-order valence-corrected chi connectivity index (χ1v) is 10.4. The zero-order valence-electron chi connectivity index (χ0n) is 18.4.